The van der Waals surface area contributed by atoms with E-state index in [1.54, 1.807) is 0 Å². The highest BCUT2D eigenvalue weighted by Crippen LogP contribution is 2.21. The molecule has 0 heterocycles. The maximum absolute atomic E-state index is 5.70. The van der Waals surface area contributed by atoms with Crippen LogP contribution in [0.5, 0.6) is 5.75 Å². The molecule has 0 saturated carbocycles. The molecule has 0 bridgehead atoms. The number of rotatable bonds is 2. The number of allylic oxidation sites excluding steroid dienone is 2. The molecule has 0 N–H and O–H groups in total. The van der Waals surface area contributed by atoms with Gasteiger partial charge in [-0.2, -0.15) is 0 Å². The fourth-order valence-corrected chi connectivity index (χ4v) is 1.49. The van der Waals surface area contributed by atoms with Crippen molar-refractivity contribution in [3.05, 3.63) is 42.2 Å². The third kappa shape index (κ3) is 2.35. The summed E-state index contributed by atoms with van der Waals surface area (Å²) in [5.74, 6) is 2.05. The normalized spacial score (nSPS) is 16.5. The Hall–Kier alpha value is -1.24. The molecular weight excluding hydrogens is 160 g/mol. The van der Waals surface area contributed by atoms with Gasteiger partial charge in [0.1, 0.15) is 11.5 Å². The summed E-state index contributed by atoms with van der Waals surface area (Å²) in [7, 11) is 0. The van der Waals surface area contributed by atoms with Gasteiger partial charge in [0.2, 0.25) is 0 Å². The van der Waals surface area contributed by atoms with Gasteiger partial charge in [0.15, 0.2) is 0 Å². The zero-order valence-electron chi connectivity index (χ0n) is 7.62. The Morgan fingerprint density at radius 1 is 1.15 bits per heavy atom. The summed E-state index contributed by atoms with van der Waals surface area (Å²) in [5.41, 5.74) is 0. The lowest BCUT2D eigenvalue weighted by Crippen LogP contribution is -1.99. The van der Waals surface area contributed by atoms with E-state index in [2.05, 4.69) is 12.1 Å². The van der Waals surface area contributed by atoms with Crippen molar-refractivity contribution in [2.24, 2.45) is 0 Å². The Balaban J connectivity index is 2.01. The summed E-state index contributed by atoms with van der Waals surface area (Å²) in [4.78, 5) is 0. The Bertz CT molecular complexity index is 287. The van der Waals surface area contributed by atoms with E-state index in [0.29, 0.717) is 0 Å². The number of ether oxygens (including phenoxy) is 1. The van der Waals surface area contributed by atoms with Gasteiger partial charge >= 0.3 is 0 Å². The smallest absolute Gasteiger partial charge is 0.126 e. The molecule has 0 saturated heterocycles. The van der Waals surface area contributed by atoms with Crippen LogP contribution in [0.1, 0.15) is 25.7 Å². The highest BCUT2D eigenvalue weighted by molar-refractivity contribution is 5.23. The van der Waals surface area contributed by atoms with Gasteiger partial charge in [-0.3, -0.25) is 0 Å². The molecule has 0 aliphatic heterocycles. The van der Waals surface area contributed by atoms with E-state index in [4.69, 9.17) is 4.74 Å². The topological polar surface area (TPSA) is 9.23 Å². The molecule has 1 heteroatoms. The second kappa shape index (κ2) is 4.13. The summed E-state index contributed by atoms with van der Waals surface area (Å²) >= 11 is 0. The summed E-state index contributed by atoms with van der Waals surface area (Å²) in [6.07, 6.45) is 6.99. The van der Waals surface area contributed by atoms with Crippen LogP contribution in [0.2, 0.25) is 0 Å². The van der Waals surface area contributed by atoms with Crippen LogP contribution in [0, 0.1) is 6.07 Å². The van der Waals surface area contributed by atoms with Gasteiger partial charge in [-0.1, -0.05) is 12.1 Å². The van der Waals surface area contributed by atoms with Gasteiger partial charge in [0.05, 0.1) is 0 Å². The number of hydrogen-bond acceptors (Lipinski definition) is 1. The Morgan fingerprint density at radius 3 is 2.69 bits per heavy atom. The van der Waals surface area contributed by atoms with Crippen molar-refractivity contribution in [1.29, 1.82) is 0 Å². The third-order valence-electron chi connectivity index (χ3n) is 2.19. The Labute approximate surface area is 79.0 Å². The molecule has 1 aromatic carbocycles. The molecule has 0 spiro atoms. The second-order valence-electron chi connectivity index (χ2n) is 3.25. The average molecular weight is 173 g/mol. The summed E-state index contributed by atoms with van der Waals surface area (Å²) < 4.78 is 5.70. The molecule has 0 unspecified atom stereocenters. The predicted molar refractivity (Wildman–Crippen MR) is 52.5 cm³/mol. The first-order valence-corrected chi connectivity index (χ1v) is 4.78. The second-order valence-corrected chi connectivity index (χ2v) is 3.25. The lowest BCUT2D eigenvalue weighted by Gasteiger charge is -2.13. The van der Waals surface area contributed by atoms with Crippen LogP contribution in [-0.4, -0.2) is 0 Å². The predicted octanol–water partition coefficient (Wildman–Crippen LogP) is 3.32. The van der Waals surface area contributed by atoms with E-state index >= 15 is 0 Å². The van der Waals surface area contributed by atoms with Crippen LogP contribution < -0.4 is 4.74 Å². The minimum Gasteiger partial charge on any atom is -0.462 e. The van der Waals surface area contributed by atoms with Gasteiger partial charge in [0.25, 0.3) is 0 Å². The average Bonchev–Trinajstić information content (AvgIpc) is 2.21. The fourth-order valence-electron chi connectivity index (χ4n) is 1.49. The number of benzene rings is 1. The van der Waals surface area contributed by atoms with Gasteiger partial charge < -0.3 is 4.74 Å². The Kier molecular flexibility index (Phi) is 2.65. The zero-order valence-corrected chi connectivity index (χ0v) is 7.62. The van der Waals surface area contributed by atoms with E-state index < -0.39 is 0 Å². The van der Waals surface area contributed by atoms with Crippen molar-refractivity contribution >= 4 is 0 Å². The molecule has 0 aromatic heterocycles. The van der Waals surface area contributed by atoms with E-state index in [1.807, 2.05) is 24.3 Å². The quantitative estimate of drug-likeness (QED) is 0.666. The zero-order chi connectivity index (χ0) is 8.93. The molecule has 0 amide bonds. The standard InChI is InChI=1S/C12H13O/c1-3-7-11(8-4-1)13-12-9-5-2-6-10-12/h5-7,9-10H,1,3-4,8H2. The largest absolute Gasteiger partial charge is 0.462 e. The molecule has 0 fully saturated rings. The molecule has 1 aliphatic carbocycles. The van der Waals surface area contributed by atoms with Gasteiger partial charge in [-0.05, 0) is 43.5 Å². The van der Waals surface area contributed by atoms with E-state index in [1.165, 1.54) is 12.8 Å². The van der Waals surface area contributed by atoms with Crippen molar-refractivity contribution in [3.8, 4) is 5.75 Å². The van der Waals surface area contributed by atoms with E-state index in [-0.39, 0.29) is 0 Å². The first-order valence-electron chi connectivity index (χ1n) is 4.78. The van der Waals surface area contributed by atoms with Crippen LogP contribution in [0.4, 0.5) is 0 Å². The minimum atomic E-state index is 0.923. The van der Waals surface area contributed by atoms with Crippen LogP contribution in [0.15, 0.2) is 36.1 Å². The van der Waals surface area contributed by atoms with Crippen molar-refractivity contribution < 1.29 is 4.74 Å². The first-order chi connectivity index (χ1) is 6.45. The lowest BCUT2D eigenvalue weighted by atomic mass is 10.1. The summed E-state index contributed by atoms with van der Waals surface area (Å²) in [6, 6.07) is 10.6. The molecule has 1 aliphatic rings. The van der Waals surface area contributed by atoms with Gasteiger partial charge in [-0.15, -0.1) is 0 Å². The van der Waals surface area contributed by atoms with Gasteiger partial charge in [0, 0.05) is 6.42 Å². The highest BCUT2D eigenvalue weighted by Gasteiger charge is 2.04. The van der Waals surface area contributed by atoms with Gasteiger partial charge in [-0.25, -0.2) is 0 Å². The first kappa shape index (κ1) is 8.36. The van der Waals surface area contributed by atoms with Crippen LogP contribution in [-0.2, 0) is 0 Å². The lowest BCUT2D eigenvalue weighted by molar-refractivity contribution is 0.384. The molecule has 1 radical (unpaired) electrons. The molecule has 1 aromatic rings. The number of hydrogen-bond donors (Lipinski definition) is 0. The molecule has 0 atom stereocenters. The Morgan fingerprint density at radius 2 is 2.00 bits per heavy atom. The van der Waals surface area contributed by atoms with E-state index in [0.717, 1.165) is 24.4 Å². The van der Waals surface area contributed by atoms with Crippen molar-refractivity contribution in [3.63, 3.8) is 0 Å². The molecule has 67 valence electrons. The monoisotopic (exact) mass is 173 g/mol. The minimum absolute atomic E-state index is 0.923. The molecular formula is C12H13O. The maximum atomic E-state index is 5.70. The highest BCUT2D eigenvalue weighted by atomic mass is 16.5. The molecule has 2 rings (SSSR count). The van der Waals surface area contributed by atoms with Crippen LogP contribution in [0.3, 0.4) is 0 Å². The van der Waals surface area contributed by atoms with Crippen molar-refractivity contribution in [2.75, 3.05) is 0 Å². The van der Waals surface area contributed by atoms with Crippen LogP contribution >= 0.6 is 0 Å². The third-order valence-corrected chi connectivity index (χ3v) is 2.19. The van der Waals surface area contributed by atoms with Crippen LogP contribution in [0.25, 0.3) is 0 Å². The summed E-state index contributed by atoms with van der Waals surface area (Å²) in [6.45, 7) is 0. The SMILES string of the molecule is [c]1ccc(OC2=CCCCC2)cc1. The fraction of sp³-hybridized carbons (Fsp3) is 0.333. The molecule has 13 heavy (non-hydrogen) atoms. The summed E-state index contributed by atoms with van der Waals surface area (Å²) in [5, 5.41) is 0. The maximum Gasteiger partial charge on any atom is 0.126 e. The van der Waals surface area contributed by atoms with Crippen molar-refractivity contribution in [1.82, 2.24) is 0 Å². The van der Waals surface area contributed by atoms with E-state index in [9.17, 15) is 0 Å². The van der Waals surface area contributed by atoms with Crippen molar-refractivity contribution in [2.45, 2.75) is 25.7 Å². The molecule has 1 nitrogen and oxygen atoms in total.